The molecule has 1 N–H and O–H groups in total. The van der Waals surface area contributed by atoms with Gasteiger partial charge in [-0.1, -0.05) is 64.5 Å². The summed E-state index contributed by atoms with van der Waals surface area (Å²) in [5.41, 5.74) is 0.787. The molecule has 0 aliphatic rings. The van der Waals surface area contributed by atoms with Gasteiger partial charge in [-0.15, -0.1) is 0 Å². The third-order valence-corrected chi connectivity index (χ3v) is 4.76. The summed E-state index contributed by atoms with van der Waals surface area (Å²) in [6.45, 7) is 0.328. The van der Waals surface area contributed by atoms with Gasteiger partial charge in [-0.05, 0) is 33.9 Å². The van der Waals surface area contributed by atoms with Crippen LogP contribution in [0, 0.1) is 0 Å². The number of benzene rings is 3. The lowest BCUT2D eigenvalue weighted by Gasteiger charge is -2.13. The standard InChI is InChI=1S/C20H14BrNO2/c21-16-9-8-14-10-19(23)22(20(24)18(14)11-16)12-15-6-3-5-13-4-1-2-7-17(13)15/h1-11,24H,12H2. The van der Waals surface area contributed by atoms with Crippen LogP contribution in [0.5, 0.6) is 5.88 Å². The van der Waals surface area contributed by atoms with E-state index in [1.807, 2.05) is 60.7 Å². The molecule has 118 valence electrons. The SMILES string of the molecule is O=c1cc2ccc(Br)cc2c(O)n1Cc1cccc2ccccc12. The molecule has 1 heterocycles. The van der Waals surface area contributed by atoms with Gasteiger partial charge in [0.1, 0.15) is 0 Å². The maximum atomic E-state index is 12.5. The molecule has 4 rings (SSSR count). The number of hydrogen-bond acceptors (Lipinski definition) is 2. The van der Waals surface area contributed by atoms with Gasteiger partial charge in [-0.25, -0.2) is 0 Å². The average Bonchev–Trinajstić information content (AvgIpc) is 2.59. The lowest BCUT2D eigenvalue weighted by molar-refractivity contribution is 0.422. The summed E-state index contributed by atoms with van der Waals surface area (Å²) in [6.07, 6.45) is 0. The molecule has 0 atom stereocenters. The van der Waals surface area contributed by atoms with Crippen LogP contribution in [-0.2, 0) is 6.54 Å². The van der Waals surface area contributed by atoms with Crippen LogP contribution in [0.3, 0.4) is 0 Å². The van der Waals surface area contributed by atoms with E-state index in [9.17, 15) is 9.90 Å². The predicted octanol–water partition coefficient (Wildman–Crippen LogP) is 4.67. The van der Waals surface area contributed by atoms with E-state index in [2.05, 4.69) is 15.9 Å². The van der Waals surface area contributed by atoms with E-state index in [1.165, 1.54) is 4.57 Å². The van der Waals surface area contributed by atoms with Crippen molar-refractivity contribution >= 4 is 37.5 Å². The summed E-state index contributed by atoms with van der Waals surface area (Å²) in [5, 5.41) is 14.2. The lowest BCUT2D eigenvalue weighted by atomic mass is 10.0. The Bertz CT molecular complexity index is 1130. The number of aromatic hydroxyl groups is 1. The first-order valence-electron chi connectivity index (χ1n) is 7.62. The quantitative estimate of drug-likeness (QED) is 0.549. The Kier molecular flexibility index (Phi) is 3.62. The number of hydrogen-bond donors (Lipinski definition) is 1. The maximum absolute atomic E-state index is 12.5. The summed E-state index contributed by atoms with van der Waals surface area (Å²) >= 11 is 3.41. The summed E-state index contributed by atoms with van der Waals surface area (Å²) in [7, 11) is 0. The Morgan fingerprint density at radius 2 is 1.67 bits per heavy atom. The Morgan fingerprint density at radius 3 is 2.54 bits per heavy atom. The van der Waals surface area contributed by atoms with Crippen LogP contribution in [0.1, 0.15) is 5.56 Å². The van der Waals surface area contributed by atoms with Gasteiger partial charge in [0.05, 0.1) is 6.54 Å². The smallest absolute Gasteiger partial charge is 0.254 e. The summed E-state index contributed by atoms with van der Waals surface area (Å²) in [4.78, 5) is 12.5. The first-order chi connectivity index (χ1) is 11.6. The zero-order chi connectivity index (χ0) is 16.7. The minimum Gasteiger partial charge on any atom is -0.494 e. The van der Waals surface area contributed by atoms with Crippen molar-refractivity contribution < 1.29 is 5.11 Å². The van der Waals surface area contributed by atoms with Crippen molar-refractivity contribution in [1.29, 1.82) is 0 Å². The molecule has 0 aliphatic carbocycles. The number of rotatable bonds is 2. The molecule has 0 amide bonds. The summed E-state index contributed by atoms with van der Waals surface area (Å²) < 4.78 is 2.27. The van der Waals surface area contributed by atoms with Crippen molar-refractivity contribution in [1.82, 2.24) is 4.57 Å². The number of fused-ring (bicyclic) bond motifs is 2. The van der Waals surface area contributed by atoms with Crippen molar-refractivity contribution in [2.24, 2.45) is 0 Å². The van der Waals surface area contributed by atoms with E-state index >= 15 is 0 Å². The molecule has 3 aromatic carbocycles. The third kappa shape index (κ3) is 2.49. The van der Waals surface area contributed by atoms with Crippen molar-refractivity contribution in [2.45, 2.75) is 6.54 Å². The van der Waals surface area contributed by atoms with E-state index in [1.54, 1.807) is 6.07 Å². The molecule has 0 spiro atoms. The third-order valence-electron chi connectivity index (χ3n) is 4.27. The Balaban J connectivity index is 1.92. The molecule has 24 heavy (non-hydrogen) atoms. The number of halogens is 1. The lowest BCUT2D eigenvalue weighted by Crippen LogP contribution is -2.20. The molecular formula is C20H14BrNO2. The zero-order valence-corrected chi connectivity index (χ0v) is 14.3. The van der Waals surface area contributed by atoms with E-state index in [4.69, 9.17) is 0 Å². The van der Waals surface area contributed by atoms with Crippen molar-refractivity contribution in [3.63, 3.8) is 0 Å². The number of pyridine rings is 1. The van der Waals surface area contributed by atoms with Crippen LogP contribution < -0.4 is 5.56 Å². The largest absolute Gasteiger partial charge is 0.494 e. The van der Waals surface area contributed by atoms with Crippen LogP contribution in [0.2, 0.25) is 0 Å². The molecule has 3 nitrogen and oxygen atoms in total. The molecule has 0 unspecified atom stereocenters. The molecule has 4 aromatic rings. The Labute approximate surface area is 146 Å². The maximum Gasteiger partial charge on any atom is 0.254 e. The highest BCUT2D eigenvalue weighted by Crippen LogP contribution is 2.27. The van der Waals surface area contributed by atoms with Gasteiger partial charge in [-0.3, -0.25) is 9.36 Å². The van der Waals surface area contributed by atoms with Gasteiger partial charge >= 0.3 is 0 Å². The first kappa shape index (κ1) is 15.0. The molecule has 0 saturated heterocycles. The summed E-state index contributed by atoms with van der Waals surface area (Å²) in [5.74, 6) is -0.00765. The van der Waals surface area contributed by atoms with Crippen LogP contribution in [0.25, 0.3) is 21.5 Å². The number of aromatic nitrogens is 1. The predicted molar refractivity (Wildman–Crippen MR) is 101 cm³/mol. The summed E-state index contributed by atoms with van der Waals surface area (Å²) in [6, 6.07) is 21.1. The number of nitrogens with zero attached hydrogens (tertiary/aromatic N) is 1. The second kappa shape index (κ2) is 5.80. The Morgan fingerprint density at radius 1 is 0.875 bits per heavy atom. The van der Waals surface area contributed by atoms with Crippen molar-refractivity contribution in [3.05, 3.63) is 87.1 Å². The van der Waals surface area contributed by atoms with Crippen LogP contribution in [-0.4, -0.2) is 9.67 Å². The molecule has 0 fully saturated rings. The topological polar surface area (TPSA) is 42.2 Å². The zero-order valence-electron chi connectivity index (χ0n) is 12.7. The second-order valence-corrected chi connectivity index (χ2v) is 6.68. The molecule has 0 bridgehead atoms. The van der Waals surface area contributed by atoms with E-state index in [0.29, 0.717) is 11.9 Å². The van der Waals surface area contributed by atoms with Gasteiger partial charge in [0.15, 0.2) is 0 Å². The van der Waals surface area contributed by atoms with Crippen LogP contribution in [0.4, 0.5) is 0 Å². The van der Waals surface area contributed by atoms with E-state index in [-0.39, 0.29) is 11.4 Å². The van der Waals surface area contributed by atoms with Crippen LogP contribution >= 0.6 is 15.9 Å². The average molecular weight is 380 g/mol. The van der Waals surface area contributed by atoms with Gasteiger partial charge in [0.25, 0.3) is 5.56 Å². The highest BCUT2D eigenvalue weighted by molar-refractivity contribution is 9.10. The molecule has 4 heteroatoms. The molecule has 1 aromatic heterocycles. The fourth-order valence-corrected chi connectivity index (χ4v) is 3.42. The normalized spacial score (nSPS) is 11.2. The van der Waals surface area contributed by atoms with Crippen molar-refractivity contribution in [2.75, 3.05) is 0 Å². The van der Waals surface area contributed by atoms with Crippen molar-refractivity contribution in [3.8, 4) is 5.88 Å². The van der Waals surface area contributed by atoms with Crippen LogP contribution in [0.15, 0.2) is 76.0 Å². The molecular weight excluding hydrogens is 366 g/mol. The second-order valence-electron chi connectivity index (χ2n) is 5.76. The Hall–Kier alpha value is -2.59. The van der Waals surface area contributed by atoms with Gasteiger partial charge in [0, 0.05) is 15.9 Å². The minimum absolute atomic E-state index is 0.00765. The van der Waals surface area contributed by atoms with E-state index in [0.717, 1.165) is 26.2 Å². The monoisotopic (exact) mass is 379 g/mol. The van der Waals surface area contributed by atoms with Gasteiger partial charge in [0.2, 0.25) is 5.88 Å². The molecule has 0 saturated carbocycles. The minimum atomic E-state index is -0.213. The first-order valence-corrected chi connectivity index (χ1v) is 8.41. The van der Waals surface area contributed by atoms with E-state index < -0.39 is 0 Å². The highest BCUT2D eigenvalue weighted by Gasteiger charge is 2.11. The highest BCUT2D eigenvalue weighted by atomic mass is 79.9. The fourth-order valence-electron chi connectivity index (χ4n) is 3.06. The molecule has 0 aliphatic heterocycles. The molecule has 0 radical (unpaired) electrons. The van der Waals surface area contributed by atoms with Gasteiger partial charge in [-0.2, -0.15) is 0 Å². The fraction of sp³-hybridized carbons (Fsp3) is 0.0500. The van der Waals surface area contributed by atoms with Gasteiger partial charge < -0.3 is 5.11 Å².